The first-order valence-electron chi connectivity index (χ1n) is 6.67. The third kappa shape index (κ3) is 8.34. The van der Waals surface area contributed by atoms with Gasteiger partial charge in [-0.05, 0) is 19.7 Å². The largest absolute Gasteiger partial charge is 0.465 e. The van der Waals surface area contributed by atoms with E-state index in [0.29, 0.717) is 12.8 Å². The van der Waals surface area contributed by atoms with Crippen molar-refractivity contribution in [1.29, 1.82) is 0 Å². The molecule has 0 amide bonds. The van der Waals surface area contributed by atoms with E-state index >= 15 is 0 Å². The molecule has 0 heterocycles. The predicted molar refractivity (Wildman–Crippen MR) is 78.4 cm³/mol. The molecule has 6 N–H and O–H groups in total. The lowest BCUT2D eigenvalue weighted by atomic mass is 9.82. The molecule has 124 valence electrons. The van der Waals surface area contributed by atoms with E-state index in [1.165, 1.54) is 7.05 Å². The molecule has 0 aliphatic carbocycles. The lowest BCUT2D eigenvalue weighted by Crippen LogP contribution is -2.57. The van der Waals surface area contributed by atoms with Crippen LogP contribution in [0.1, 0.15) is 26.2 Å². The molecular weight excluding hydrogens is 301 g/mol. The molecule has 0 aromatic heterocycles. The van der Waals surface area contributed by atoms with Gasteiger partial charge >= 0.3 is 13.1 Å². The van der Waals surface area contributed by atoms with Crippen LogP contribution in [-0.4, -0.2) is 57.3 Å². The highest BCUT2D eigenvalue weighted by Crippen LogP contribution is 2.15. The summed E-state index contributed by atoms with van der Waals surface area (Å²) in [7, 11) is -3.90. The average molecular weight is 325 g/mol. The minimum absolute atomic E-state index is 0.131. The van der Waals surface area contributed by atoms with Crippen molar-refractivity contribution in [3.05, 3.63) is 0 Å². The normalized spacial score (nSPS) is 14.5. The molecule has 0 aromatic rings. The van der Waals surface area contributed by atoms with Crippen molar-refractivity contribution in [1.82, 2.24) is 9.44 Å². The molecule has 0 aromatic carbocycles. The molecule has 0 aliphatic heterocycles. The van der Waals surface area contributed by atoms with E-state index in [0.717, 1.165) is 0 Å². The number of nitrogens with one attached hydrogen (secondary N) is 2. The molecule has 1 atom stereocenters. The second-order valence-electron chi connectivity index (χ2n) is 4.63. The van der Waals surface area contributed by atoms with E-state index in [-0.39, 0.29) is 25.9 Å². The van der Waals surface area contributed by atoms with Crippen LogP contribution in [-0.2, 0) is 19.7 Å². The maximum atomic E-state index is 11.9. The summed E-state index contributed by atoms with van der Waals surface area (Å²) in [6.07, 6.45) is 1.18. The Labute approximate surface area is 125 Å². The van der Waals surface area contributed by atoms with Crippen LogP contribution in [0.25, 0.3) is 0 Å². The second-order valence-corrected chi connectivity index (χ2v) is 6.34. The van der Waals surface area contributed by atoms with Crippen molar-refractivity contribution in [2.75, 3.05) is 20.2 Å². The van der Waals surface area contributed by atoms with Crippen molar-refractivity contribution in [2.24, 2.45) is 5.73 Å². The predicted octanol–water partition coefficient (Wildman–Crippen LogP) is -2.06. The Hall–Kier alpha value is -0.715. The molecule has 0 radical (unpaired) electrons. The third-order valence-corrected chi connectivity index (χ3v) is 3.93. The molecule has 0 rings (SSSR count). The highest BCUT2D eigenvalue weighted by molar-refractivity contribution is 7.87. The van der Waals surface area contributed by atoms with Gasteiger partial charge in [0.25, 0.3) is 10.2 Å². The summed E-state index contributed by atoms with van der Waals surface area (Å²) in [5, 5.41) is 17.5. The van der Waals surface area contributed by atoms with Crippen LogP contribution in [0.15, 0.2) is 0 Å². The number of ether oxygens (including phenoxy) is 1. The summed E-state index contributed by atoms with van der Waals surface area (Å²) >= 11 is 0. The van der Waals surface area contributed by atoms with Crippen LogP contribution >= 0.6 is 0 Å². The maximum absolute atomic E-state index is 11.9. The molecule has 0 bridgehead atoms. The first-order chi connectivity index (χ1) is 9.67. The average Bonchev–Trinajstić information content (AvgIpc) is 2.41. The first kappa shape index (κ1) is 20.3. The van der Waals surface area contributed by atoms with Crippen LogP contribution in [0.2, 0.25) is 6.32 Å². The summed E-state index contributed by atoms with van der Waals surface area (Å²) in [6, 6.07) is 0. The van der Waals surface area contributed by atoms with Gasteiger partial charge in [-0.3, -0.25) is 4.79 Å². The van der Waals surface area contributed by atoms with E-state index in [1.807, 2.05) is 0 Å². The molecule has 0 saturated heterocycles. The number of unbranched alkanes of at least 4 members (excludes halogenated alkanes) is 1. The lowest BCUT2D eigenvalue weighted by Gasteiger charge is -2.27. The molecule has 1 unspecified atom stereocenters. The standard InChI is InChI=1S/C10H24BN3O6S/c1-3-20-9(15)10(12,6-4-5-7-11(16)17)8-14-21(18,19)13-2/h13-14,16-17H,3-8,12H2,1-2H3. The zero-order chi connectivity index (χ0) is 16.5. The zero-order valence-corrected chi connectivity index (χ0v) is 13.1. The van der Waals surface area contributed by atoms with Gasteiger partial charge in [-0.1, -0.05) is 12.8 Å². The van der Waals surface area contributed by atoms with Gasteiger partial charge in [-0.2, -0.15) is 13.1 Å². The van der Waals surface area contributed by atoms with Gasteiger partial charge in [0.1, 0.15) is 5.54 Å². The second kappa shape index (κ2) is 9.33. The van der Waals surface area contributed by atoms with Crippen LogP contribution in [0.3, 0.4) is 0 Å². The Morgan fingerprint density at radius 1 is 1.38 bits per heavy atom. The van der Waals surface area contributed by atoms with Crippen molar-refractivity contribution in [2.45, 2.75) is 38.0 Å². The Kier molecular flexibility index (Phi) is 9.01. The minimum atomic E-state index is -3.71. The number of hydrogen-bond donors (Lipinski definition) is 5. The van der Waals surface area contributed by atoms with Gasteiger partial charge in [0.15, 0.2) is 0 Å². The molecule has 21 heavy (non-hydrogen) atoms. The SMILES string of the molecule is CCOC(=O)C(N)(CCCCB(O)O)CNS(=O)(=O)NC. The quantitative estimate of drug-likeness (QED) is 0.166. The van der Waals surface area contributed by atoms with Gasteiger partial charge in [0.2, 0.25) is 0 Å². The summed E-state index contributed by atoms with van der Waals surface area (Å²) in [5.41, 5.74) is 4.45. The molecule has 9 nitrogen and oxygen atoms in total. The van der Waals surface area contributed by atoms with Gasteiger partial charge in [0, 0.05) is 13.6 Å². The Bertz CT molecular complexity index is 419. The monoisotopic (exact) mass is 325 g/mol. The fourth-order valence-electron chi connectivity index (χ4n) is 1.60. The van der Waals surface area contributed by atoms with Crippen molar-refractivity contribution >= 4 is 23.3 Å². The van der Waals surface area contributed by atoms with Gasteiger partial charge < -0.3 is 20.5 Å². The number of carbonyl (C=O) groups excluding carboxylic acids is 1. The number of hydrogen-bond acceptors (Lipinski definition) is 7. The first-order valence-corrected chi connectivity index (χ1v) is 8.15. The molecule has 0 aliphatic rings. The van der Waals surface area contributed by atoms with Gasteiger partial charge in [0.05, 0.1) is 6.61 Å². The highest BCUT2D eigenvalue weighted by Gasteiger charge is 2.36. The summed E-state index contributed by atoms with van der Waals surface area (Å²) in [4.78, 5) is 11.9. The lowest BCUT2D eigenvalue weighted by molar-refractivity contribution is -0.149. The molecular formula is C10H24BN3O6S. The van der Waals surface area contributed by atoms with Crippen LogP contribution < -0.4 is 15.2 Å². The number of carbonyl (C=O) groups is 1. The van der Waals surface area contributed by atoms with Gasteiger partial charge in [-0.25, -0.2) is 4.72 Å². The zero-order valence-electron chi connectivity index (χ0n) is 12.3. The number of rotatable bonds is 11. The summed E-state index contributed by atoms with van der Waals surface area (Å²) < 4.78 is 31.8. The summed E-state index contributed by atoms with van der Waals surface area (Å²) in [5.74, 6) is -0.701. The van der Waals surface area contributed by atoms with Crippen LogP contribution in [0, 0.1) is 0 Å². The maximum Gasteiger partial charge on any atom is 0.451 e. The van der Waals surface area contributed by atoms with Crippen LogP contribution in [0.4, 0.5) is 0 Å². The van der Waals surface area contributed by atoms with Gasteiger partial charge in [-0.15, -0.1) is 0 Å². The third-order valence-electron chi connectivity index (χ3n) is 2.86. The number of nitrogens with two attached hydrogens (primary N) is 1. The molecule has 0 fully saturated rings. The fourth-order valence-corrected chi connectivity index (χ4v) is 2.19. The summed E-state index contributed by atoms with van der Waals surface area (Å²) in [6.45, 7) is 1.45. The van der Waals surface area contributed by atoms with Crippen molar-refractivity contribution in [3.63, 3.8) is 0 Å². The Morgan fingerprint density at radius 2 is 2.00 bits per heavy atom. The van der Waals surface area contributed by atoms with E-state index in [1.54, 1.807) is 6.92 Å². The molecule has 0 saturated carbocycles. The molecule has 11 heteroatoms. The smallest absolute Gasteiger partial charge is 0.451 e. The van der Waals surface area contributed by atoms with E-state index in [9.17, 15) is 13.2 Å². The molecule has 0 spiro atoms. The van der Waals surface area contributed by atoms with Crippen LogP contribution in [0.5, 0.6) is 0 Å². The van der Waals surface area contributed by atoms with E-state index in [2.05, 4.69) is 9.44 Å². The fraction of sp³-hybridized carbons (Fsp3) is 0.900. The Morgan fingerprint density at radius 3 is 2.48 bits per heavy atom. The highest BCUT2D eigenvalue weighted by atomic mass is 32.2. The van der Waals surface area contributed by atoms with Crippen molar-refractivity contribution < 1.29 is 28.0 Å². The Balaban J connectivity index is 4.65. The minimum Gasteiger partial charge on any atom is -0.465 e. The van der Waals surface area contributed by atoms with E-state index in [4.69, 9.17) is 20.5 Å². The topological polar surface area (TPSA) is 151 Å². The van der Waals surface area contributed by atoms with E-state index < -0.39 is 28.8 Å². The van der Waals surface area contributed by atoms with Crippen molar-refractivity contribution in [3.8, 4) is 0 Å². The number of esters is 1.